The largest absolute Gasteiger partial charge is 0.294 e. The molecule has 0 bridgehead atoms. The molecule has 1 fully saturated rings. The zero-order valence-electron chi connectivity index (χ0n) is 10.6. The molecule has 19 heavy (non-hydrogen) atoms. The Morgan fingerprint density at radius 2 is 2.26 bits per heavy atom. The maximum atomic E-state index is 11.5. The van der Waals surface area contributed by atoms with Gasteiger partial charge in [0.1, 0.15) is 0 Å². The molecule has 2 rings (SSSR count). The summed E-state index contributed by atoms with van der Waals surface area (Å²) in [5.74, 6) is 0.395. The Kier molecular flexibility index (Phi) is 4.14. The van der Waals surface area contributed by atoms with Gasteiger partial charge in [-0.3, -0.25) is 4.90 Å². The predicted octanol–water partition coefficient (Wildman–Crippen LogP) is 1.83. The van der Waals surface area contributed by atoms with Crippen LogP contribution in [0.2, 0.25) is 5.02 Å². The molecule has 1 aliphatic heterocycles. The highest BCUT2D eigenvalue weighted by Gasteiger charge is 2.28. The summed E-state index contributed by atoms with van der Waals surface area (Å²) in [5, 5.41) is 9.34. The normalized spacial score (nSPS) is 22.9. The summed E-state index contributed by atoms with van der Waals surface area (Å²) in [5.41, 5.74) is 1.45. The zero-order chi connectivity index (χ0) is 14.0. The van der Waals surface area contributed by atoms with Crippen LogP contribution in [0.1, 0.15) is 18.1 Å². The van der Waals surface area contributed by atoms with Gasteiger partial charge in [0.25, 0.3) is 0 Å². The number of benzene rings is 1. The Bertz CT molecular complexity index is 622. The van der Waals surface area contributed by atoms with Crippen molar-refractivity contribution in [3.05, 3.63) is 34.3 Å². The minimum absolute atomic E-state index is 0.00883. The summed E-state index contributed by atoms with van der Waals surface area (Å²) >= 11 is 6.14. The van der Waals surface area contributed by atoms with E-state index in [4.69, 9.17) is 16.9 Å². The molecule has 0 spiro atoms. The van der Waals surface area contributed by atoms with Crippen molar-refractivity contribution < 1.29 is 8.42 Å². The zero-order valence-corrected chi connectivity index (χ0v) is 12.2. The lowest BCUT2D eigenvalue weighted by Gasteiger charge is -2.33. The minimum atomic E-state index is -2.90. The average molecular weight is 299 g/mol. The van der Waals surface area contributed by atoms with E-state index in [0.717, 1.165) is 5.56 Å². The number of sulfone groups is 1. The number of nitriles is 1. The minimum Gasteiger partial charge on any atom is -0.294 e. The van der Waals surface area contributed by atoms with Crippen LogP contribution in [0.3, 0.4) is 0 Å². The molecule has 1 atom stereocenters. The van der Waals surface area contributed by atoms with Gasteiger partial charge in [-0.2, -0.15) is 5.26 Å². The van der Waals surface area contributed by atoms with E-state index >= 15 is 0 Å². The molecule has 1 aromatic carbocycles. The van der Waals surface area contributed by atoms with Crippen LogP contribution >= 0.6 is 11.6 Å². The molecule has 0 radical (unpaired) electrons. The third-order valence-corrected chi connectivity index (χ3v) is 5.51. The second-order valence-corrected chi connectivity index (χ2v) is 7.49. The van der Waals surface area contributed by atoms with Crippen molar-refractivity contribution in [1.82, 2.24) is 4.90 Å². The summed E-state index contributed by atoms with van der Waals surface area (Å²) in [6, 6.07) is 7.23. The highest BCUT2D eigenvalue weighted by Crippen LogP contribution is 2.22. The molecule has 0 aliphatic carbocycles. The van der Waals surface area contributed by atoms with Gasteiger partial charge in [0.2, 0.25) is 0 Å². The van der Waals surface area contributed by atoms with Gasteiger partial charge in [0.15, 0.2) is 9.84 Å². The molecule has 0 aromatic heterocycles. The number of hydrogen-bond acceptors (Lipinski definition) is 4. The fourth-order valence-electron chi connectivity index (χ4n) is 2.23. The first-order valence-corrected chi connectivity index (χ1v) is 8.24. The van der Waals surface area contributed by atoms with Gasteiger partial charge in [-0.15, -0.1) is 0 Å². The lowest BCUT2D eigenvalue weighted by atomic mass is 10.1. The number of halogens is 1. The molecule has 0 N–H and O–H groups in total. The van der Waals surface area contributed by atoms with Gasteiger partial charge < -0.3 is 0 Å². The lowest BCUT2D eigenvalue weighted by molar-refractivity contribution is 0.218. The third-order valence-electron chi connectivity index (χ3n) is 3.36. The van der Waals surface area contributed by atoms with Crippen LogP contribution in [0.5, 0.6) is 0 Å². The average Bonchev–Trinajstić information content (AvgIpc) is 2.34. The molecule has 1 unspecified atom stereocenters. The maximum Gasteiger partial charge on any atom is 0.153 e. The van der Waals surface area contributed by atoms with Crippen LogP contribution in [0.4, 0.5) is 0 Å². The lowest BCUT2D eigenvalue weighted by Crippen LogP contribution is -2.46. The summed E-state index contributed by atoms with van der Waals surface area (Å²) < 4.78 is 23.0. The Morgan fingerprint density at radius 1 is 1.53 bits per heavy atom. The van der Waals surface area contributed by atoms with Crippen molar-refractivity contribution in [2.24, 2.45) is 0 Å². The Balaban J connectivity index is 2.12. The molecule has 102 valence electrons. The van der Waals surface area contributed by atoms with E-state index in [1.165, 1.54) is 0 Å². The van der Waals surface area contributed by atoms with Crippen molar-refractivity contribution in [3.63, 3.8) is 0 Å². The number of hydrogen-bond donors (Lipinski definition) is 0. The van der Waals surface area contributed by atoms with E-state index in [9.17, 15) is 8.42 Å². The molecule has 0 amide bonds. The van der Waals surface area contributed by atoms with E-state index in [-0.39, 0.29) is 17.5 Å². The molecule has 6 heteroatoms. The molecular weight excluding hydrogens is 284 g/mol. The van der Waals surface area contributed by atoms with Gasteiger partial charge >= 0.3 is 0 Å². The van der Waals surface area contributed by atoms with Crippen LogP contribution < -0.4 is 0 Å². The first kappa shape index (κ1) is 14.3. The molecule has 4 nitrogen and oxygen atoms in total. The Morgan fingerprint density at radius 3 is 2.84 bits per heavy atom. The summed E-state index contributed by atoms with van der Waals surface area (Å²) in [6.45, 7) is 3.05. The SMILES string of the molecule is CC1CS(=O)(=O)CCN1Cc1ccc(C#N)cc1Cl. The second kappa shape index (κ2) is 5.49. The molecular formula is C13H15ClN2O2S. The van der Waals surface area contributed by atoms with Gasteiger partial charge in [-0.25, -0.2) is 8.42 Å². The van der Waals surface area contributed by atoms with E-state index in [1.54, 1.807) is 12.1 Å². The predicted molar refractivity (Wildman–Crippen MR) is 74.7 cm³/mol. The molecule has 1 aromatic rings. The second-order valence-electron chi connectivity index (χ2n) is 4.85. The first-order chi connectivity index (χ1) is 8.91. The van der Waals surface area contributed by atoms with Crippen LogP contribution in [0.15, 0.2) is 18.2 Å². The van der Waals surface area contributed by atoms with Crippen LogP contribution in [-0.4, -0.2) is 37.4 Å². The van der Waals surface area contributed by atoms with E-state index < -0.39 is 9.84 Å². The van der Waals surface area contributed by atoms with Crippen LogP contribution in [-0.2, 0) is 16.4 Å². The van der Waals surface area contributed by atoms with Gasteiger partial charge in [-0.05, 0) is 24.6 Å². The van der Waals surface area contributed by atoms with E-state index in [1.807, 2.05) is 19.1 Å². The monoisotopic (exact) mass is 298 g/mol. The van der Waals surface area contributed by atoms with Gasteiger partial charge in [0, 0.05) is 24.2 Å². The number of nitrogens with zero attached hydrogens (tertiary/aromatic N) is 2. The first-order valence-electron chi connectivity index (χ1n) is 6.04. The molecule has 0 saturated carbocycles. The van der Waals surface area contributed by atoms with Crippen molar-refractivity contribution in [2.45, 2.75) is 19.5 Å². The molecule has 1 heterocycles. The Labute approximate surface area is 118 Å². The van der Waals surface area contributed by atoms with Crippen LogP contribution in [0.25, 0.3) is 0 Å². The molecule has 1 aliphatic rings. The summed E-state index contributed by atoms with van der Waals surface area (Å²) in [4.78, 5) is 2.11. The molecule has 1 saturated heterocycles. The van der Waals surface area contributed by atoms with Crippen LogP contribution in [0, 0.1) is 11.3 Å². The van der Waals surface area contributed by atoms with Gasteiger partial charge in [0.05, 0.1) is 23.1 Å². The third kappa shape index (κ3) is 3.47. The Hall–Kier alpha value is -1.09. The summed E-state index contributed by atoms with van der Waals surface area (Å²) in [6.07, 6.45) is 0. The standard InChI is InChI=1S/C13H15ClN2O2S/c1-10-9-19(17,18)5-4-16(10)8-12-3-2-11(7-15)6-13(12)14/h2-3,6,10H,4-5,8-9H2,1H3. The smallest absolute Gasteiger partial charge is 0.153 e. The number of rotatable bonds is 2. The van der Waals surface area contributed by atoms with Crippen molar-refractivity contribution >= 4 is 21.4 Å². The van der Waals surface area contributed by atoms with Crippen molar-refractivity contribution in [3.8, 4) is 6.07 Å². The topological polar surface area (TPSA) is 61.2 Å². The highest BCUT2D eigenvalue weighted by atomic mass is 35.5. The fraction of sp³-hybridized carbons (Fsp3) is 0.462. The van der Waals surface area contributed by atoms with Crippen molar-refractivity contribution in [1.29, 1.82) is 5.26 Å². The highest BCUT2D eigenvalue weighted by molar-refractivity contribution is 7.91. The van der Waals surface area contributed by atoms with Gasteiger partial charge in [-0.1, -0.05) is 17.7 Å². The quantitative estimate of drug-likeness (QED) is 0.836. The maximum absolute atomic E-state index is 11.5. The van der Waals surface area contributed by atoms with Crippen molar-refractivity contribution in [2.75, 3.05) is 18.1 Å². The van der Waals surface area contributed by atoms with E-state index in [0.29, 0.717) is 23.7 Å². The van der Waals surface area contributed by atoms with E-state index in [2.05, 4.69) is 4.90 Å². The fourth-order valence-corrected chi connectivity index (χ4v) is 4.10. The summed E-state index contributed by atoms with van der Waals surface area (Å²) in [7, 11) is -2.90.